The molecule has 0 saturated heterocycles. The molecular formula is C26H34BrN5. The second-order valence-electron chi connectivity index (χ2n) is 8.32. The van der Waals surface area contributed by atoms with Crippen molar-refractivity contribution in [2.75, 3.05) is 0 Å². The summed E-state index contributed by atoms with van der Waals surface area (Å²) in [6, 6.07) is 22.1. The Morgan fingerprint density at radius 3 is 1.72 bits per heavy atom. The van der Waals surface area contributed by atoms with Crippen molar-refractivity contribution in [2.24, 2.45) is 0 Å². The number of benzene rings is 1. The molecule has 32 heavy (non-hydrogen) atoms. The number of aromatic nitrogens is 2. The lowest BCUT2D eigenvalue weighted by atomic mass is 9.90. The van der Waals surface area contributed by atoms with Gasteiger partial charge >= 0.3 is 0 Å². The molecule has 3 N–H and O–H groups in total. The van der Waals surface area contributed by atoms with Gasteiger partial charge in [0.25, 0.3) is 0 Å². The Morgan fingerprint density at radius 2 is 1.16 bits per heavy atom. The molecule has 1 aliphatic carbocycles. The van der Waals surface area contributed by atoms with Crippen LogP contribution in [0.15, 0.2) is 73.1 Å². The second-order valence-corrected chi connectivity index (χ2v) is 8.32. The third kappa shape index (κ3) is 7.78. The van der Waals surface area contributed by atoms with Crippen LogP contribution in [0.1, 0.15) is 48.2 Å². The van der Waals surface area contributed by atoms with Crippen LogP contribution in [0.4, 0.5) is 0 Å². The minimum Gasteiger partial charge on any atom is -0.308 e. The van der Waals surface area contributed by atoms with E-state index in [1.54, 1.807) is 0 Å². The monoisotopic (exact) mass is 495 g/mol. The van der Waals surface area contributed by atoms with Crippen molar-refractivity contribution in [2.45, 2.75) is 63.9 Å². The van der Waals surface area contributed by atoms with E-state index in [9.17, 15) is 0 Å². The van der Waals surface area contributed by atoms with Crippen LogP contribution in [0.5, 0.6) is 0 Å². The summed E-state index contributed by atoms with van der Waals surface area (Å²) in [5.74, 6) is 0. The summed E-state index contributed by atoms with van der Waals surface area (Å²) in [6.07, 6.45) is 8.77. The van der Waals surface area contributed by atoms with Gasteiger partial charge in [0.15, 0.2) is 0 Å². The van der Waals surface area contributed by atoms with Gasteiger partial charge in [-0.15, -0.1) is 17.0 Å². The average molecular weight is 496 g/mol. The molecule has 5 nitrogen and oxygen atoms in total. The Morgan fingerprint density at radius 1 is 0.625 bits per heavy atom. The summed E-state index contributed by atoms with van der Waals surface area (Å²) in [7, 11) is 0. The fraction of sp³-hybridized carbons (Fsp3) is 0.385. The summed E-state index contributed by atoms with van der Waals surface area (Å²) >= 11 is 0. The minimum atomic E-state index is 0. The van der Waals surface area contributed by atoms with Crippen LogP contribution in [-0.2, 0) is 26.2 Å². The molecule has 0 amide bonds. The molecule has 0 radical (unpaired) electrons. The molecule has 1 aromatic carbocycles. The quantitative estimate of drug-likeness (QED) is 0.385. The molecule has 3 aromatic rings. The lowest BCUT2D eigenvalue weighted by molar-refractivity contribution is 0.280. The van der Waals surface area contributed by atoms with Gasteiger partial charge in [-0.05, 0) is 48.2 Å². The molecule has 4 rings (SSSR count). The van der Waals surface area contributed by atoms with Gasteiger partial charge in [-0.1, -0.05) is 49.2 Å². The Bertz CT molecular complexity index is 889. The maximum Gasteiger partial charge on any atom is 0.0541 e. The van der Waals surface area contributed by atoms with E-state index in [1.807, 2.05) is 36.7 Å². The number of hydrogen-bond acceptors (Lipinski definition) is 5. The maximum atomic E-state index is 4.44. The van der Waals surface area contributed by atoms with E-state index < -0.39 is 0 Å². The molecule has 0 unspecified atom stereocenters. The van der Waals surface area contributed by atoms with E-state index in [-0.39, 0.29) is 17.0 Å². The highest BCUT2D eigenvalue weighted by Gasteiger charge is 2.24. The van der Waals surface area contributed by atoms with Crippen molar-refractivity contribution in [3.05, 3.63) is 95.6 Å². The number of nitrogens with zero attached hydrogens (tertiary/aromatic N) is 2. The zero-order valence-electron chi connectivity index (χ0n) is 18.5. The lowest BCUT2D eigenvalue weighted by Crippen LogP contribution is -2.49. The zero-order chi connectivity index (χ0) is 21.1. The smallest absolute Gasteiger partial charge is 0.0541 e. The molecule has 1 fully saturated rings. The summed E-state index contributed by atoms with van der Waals surface area (Å²) in [4.78, 5) is 8.79. The summed E-state index contributed by atoms with van der Waals surface area (Å²) in [5, 5.41) is 11.0. The maximum absolute atomic E-state index is 4.44. The minimum absolute atomic E-state index is 0. The van der Waals surface area contributed by atoms with Crippen LogP contribution in [0.2, 0.25) is 0 Å². The first kappa shape index (κ1) is 24.5. The van der Waals surface area contributed by atoms with Crippen molar-refractivity contribution in [3.8, 4) is 0 Å². The van der Waals surface area contributed by atoms with Gasteiger partial charge in [0.1, 0.15) is 0 Å². The first-order valence-corrected chi connectivity index (χ1v) is 11.4. The predicted octanol–water partition coefficient (Wildman–Crippen LogP) is 4.53. The molecule has 1 saturated carbocycles. The third-order valence-electron chi connectivity index (χ3n) is 5.99. The average Bonchev–Trinajstić information content (AvgIpc) is 2.84. The number of nitrogens with one attached hydrogen (secondary N) is 3. The fourth-order valence-electron chi connectivity index (χ4n) is 4.22. The van der Waals surface area contributed by atoms with Crippen LogP contribution < -0.4 is 16.0 Å². The van der Waals surface area contributed by atoms with Crippen LogP contribution in [-0.4, -0.2) is 22.1 Å². The highest BCUT2D eigenvalue weighted by atomic mass is 79.9. The van der Waals surface area contributed by atoms with Gasteiger partial charge in [0.2, 0.25) is 0 Å². The molecule has 0 spiro atoms. The molecule has 2 aromatic heterocycles. The number of pyridine rings is 2. The number of rotatable bonds is 10. The van der Waals surface area contributed by atoms with Crippen molar-refractivity contribution in [1.29, 1.82) is 0 Å². The third-order valence-corrected chi connectivity index (χ3v) is 5.99. The Kier molecular flexibility index (Phi) is 10.3. The van der Waals surface area contributed by atoms with Gasteiger partial charge in [-0.25, -0.2) is 0 Å². The molecule has 1 aliphatic rings. The Balaban J connectivity index is 0.00000289. The van der Waals surface area contributed by atoms with Gasteiger partial charge in [0, 0.05) is 50.7 Å². The molecule has 0 aliphatic heterocycles. The van der Waals surface area contributed by atoms with Gasteiger partial charge in [-0.2, -0.15) is 0 Å². The first-order chi connectivity index (χ1) is 15.4. The predicted molar refractivity (Wildman–Crippen MR) is 136 cm³/mol. The molecule has 2 atom stereocenters. The van der Waals surface area contributed by atoms with E-state index in [1.165, 1.54) is 36.8 Å². The Hall–Kier alpha value is -2.12. The normalized spacial score (nSPS) is 18.1. The summed E-state index contributed by atoms with van der Waals surface area (Å²) in [6.45, 7) is 3.39. The highest BCUT2D eigenvalue weighted by Crippen LogP contribution is 2.19. The number of hydrogen-bond donors (Lipinski definition) is 3. The highest BCUT2D eigenvalue weighted by molar-refractivity contribution is 8.93. The summed E-state index contributed by atoms with van der Waals surface area (Å²) < 4.78 is 0. The lowest BCUT2D eigenvalue weighted by Gasteiger charge is -2.33. The van der Waals surface area contributed by atoms with E-state index >= 15 is 0 Å². The van der Waals surface area contributed by atoms with E-state index in [0.717, 1.165) is 37.6 Å². The van der Waals surface area contributed by atoms with Gasteiger partial charge in [-0.3, -0.25) is 9.97 Å². The standard InChI is InChI=1S/C26H33N5.BrH/c1-2-10-26(31-20-24-8-4-6-16-29-24)25(9-1)30-18-22-13-11-21(12-14-22)17-27-19-23-7-3-5-15-28-23;/h3-8,11-16,25-27,30-31H,1-2,9-10,17-20H2;1H/t25-,26-;/m1./s1. The van der Waals surface area contributed by atoms with E-state index in [4.69, 9.17) is 0 Å². The first-order valence-electron chi connectivity index (χ1n) is 11.4. The molecular weight excluding hydrogens is 462 g/mol. The summed E-state index contributed by atoms with van der Waals surface area (Å²) in [5.41, 5.74) is 4.82. The SMILES string of the molecule is Br.c1ccc(CNCc2ccc(CN[C@@H]3CCCC[C@H]3NCc3ccccn3)cc2)nc1. The largest absolute Gasteiger partial charge is 0.308 e. The van der Waals surface area contributed by atoms with Crippen molar-refractivity contribution >= 4 is 17.0 Å². The van der Waals surface area contributed by atoms with Crippen molar-refractivity contribution in [1.82, 2.24) is 25.9 Å². The van der Waals surface area contributed by atoms with Crippen molar-refractivity contribution < 1.29 is 0 Å². The van der Waals surface area contributed by atoms with E-state index in [0.29, 0.717) is 12.1 Å². The number of halogens is 1. The fourth-order valence-corrected chi connectivity index (χ4v) is 4.22. The topological polar surface area (TPSA) is 61.9 Å². The zero-order valence-corrected chi connectivity index (χ0v) is 20.3. The van der Waals surface area contributed by atoms with Crippen LogP contribution >= 0.6 is 17.0 Å². The molecule has 6 heteroatoms. The van der Waals surface area contributed by atoms with Crippen LogP contribution in [0.3, 0.4) is 0 Å². The van der Waals surface area contributed by atoms with Gasteiger partial charge < -0.3 is 16.0 Å². The molecule has 2 heterocycles. The molecule has 170 valence electrons. The van der Waals surface area contributed by atoms with Crippen LogP contribution in [0, 0.1) is 0 Å². The van der Waals surface area contributed by atoms with Gasteiger partial charge in [0.05, 0.1) is 11.4 Å². The van der Waals surface area contributed by atoms with Crippen LogP contribution in [0.25, 0.3) is 0 Å². The van der Waals surface area contributed by atoms with E-state index in [2.05, 4.69) is 62.3 Å². The molecule has 0 bridgehead atoms. The Labute approximate surface area is 202 Å². The van der Waals surface area contributed by atoms with Crippen molar-refractivity contribution in [3.63, 3.8) is 0 Å². The second kappa shape index (κ2) is 13.4.